The van der Waals surface area contributed by atoms with Crippen LogP contribution >= 0.6 is 15.9 Å². The Hall–Kier alpha value is -1.33. The molecule has 0 saturated heterocycles. The number of nitrogens with two attached hydrogens (primary N) is 2. The van der Waals surface area contributed by atoms with Gasteiger partial charge in [-0.2, -0.15) is 0 Å². The van der Waals surface area contributed by atoms with Crippen molar-refractivity contribution in [3.8, 4) is 0 Å². The maximum absolute atomic E-state index is 11.6. The summed E-state index contributed by atoms with van der Waals surface area (Å²) in [6.45, 7) is 10.00. The number of carbonyl (C=O) groups is 1. The number of hydrogen-bond acceptors (Lipinski definition) is 4. The standard InChI is InChI=1S/C13H16BrNO2.2C2H6.CH5N/c1-3-4-11(13(16)17-2)12(15)9-5-7-10(14)8-6-9;3*1-2/h5-8H,3-4,15H2,1-2H3;2*1-2H3;2H2,1H3/b12-11+;;;. The molecule has 0 aromatic heterocycles. The summed E-state index contributed by atoms with van der Waals surface area (Å²) in [7, 11) is 2.87. The maximum Gasteiger partial charge on any atom is 0.335 e. The lowest BCUT2D eigenvalue weighted by molar-refractivity contribution is -0.136. The summed E-state index contributed by atoms with van der Waals surface area (Å²) in [5.74, 6) is -0.354. The molecule has 0 fully saturated rings. The van der Waals surface area contributed by atoms with Crippen molar-refractivity contribution in [2.24, 2.45) is 11.5 Å². The summed E-state index contributed by atoms with van der Waals surface area (Å²) in [6, 6.07) is 7.53. The van der Waals surface area contributed by atoms with Gasteiger partial charge in [-0.3, -0.25) is 0 Å². The largest absolute Gasteiger partial charge is 0.466 e. The lowest BCUT2D eigenvalue weighted by Gasteiger charge is -2.09. The molecule has 5 heteroatoms. The van der Waals surface area contributed by atoms with Crippen LogP contribution in [0.1, 0.15) is 53.0 Å². The van der Waals surface area contributed by atoms with E-state index >= 15 is 0 Å². The van der Waals surface area contributed by atoms with Gasteiger partial charge < -0.3 is 16.2 Å². The van der Waals surface area contributed by atoms with Crippen LogP contribution in [0.15, 0.2) is 34.3 Å². The maximum atomic E-state index is 11.6. The number of rotatable bonds is 4. The Morgan fingerprint density at radius 2 is 1.52 bits per heavy atom. The monoisotopic (exact) mass is 388 g/mol. The molecule has 0 heterocycles. The van der Waals surface area contributed by atoms with Crippen LogP contribution in [-0.2, 0) is 9.53 Å². The molecule has 134 valence electrons. The normalized spacial score (nSPS) is 9.61. The summed E-state index contributed by atoms with van der Waals surface area (Å²) < 4.78 is 5.72. The van der Waals surface area contributed by atoms with Crippen LogP contribution in [0.25, 0.3) is 5.70 Å². The molecule has 1 aromatic carbocycles. The molecule has 0 saturated carbocycles. The first-order valence-corrected chi connectivity index (χ1v) is 8.80. The fraction of sp³-hybridized carbons (Fsp3) is 0.500. The van der Waals surface area contributed by atoms with Crippen molar-refractivity contribution >= 4 is 27.6 Å². The lowest BCUT2D eigenvalue weighted by Crippen LogP contribution is -2.12. The molecule has 4 nitrogen and oxygen atoms in total. The van der Waals surface area contributed by atoms with E-state index in [-0.39, 0.29) is 5.97 Å². The number of hydrogen-bond donors (Lipinski definition) is 2. The van der Waals surface area contributed by atoms with E-state index < -0.39 is 0 Å². The van der Waals surface area contributed by atoms with E-state index in [1.165, 1.54) is 14.2 Å². The molecule has 1 aromatic rings. The molecule has 0 radical (unpaired) electrons. The smallest absolute Gasteiger partial charge is 0.335 e. The van der Waals surface area contributed by atoms with Crippen molar-refractivity contribution in [2.45, 2.75) is 47.5 Å². The minimum atomic E-state index is -0.354. The third-order valence-electron chi connectivity index (χ3n) is 2.41. The minimum absolute atomic E-state index is 0.354. The second-order valence-electron chi connectivity index (χ2n) is 3.64. The Kier molecular flexibility index (Phi) is 21.6. The Morgan fingerprint density at radius 3 is 1.87 bits per heavy atom. The van der Waals surface area contributed by atoms with Crippen LogP contribution in [0, 0.1) is 0 Å². The summed E-state index contributed by atoms with van der Waals surface area (Å²) >= 11 is 3.36. The summed E-state index contributed by atoms with van der Waals surface area (Å²) in [5, 5.41) is 0. The van der Waals surface area contributed by atoms with Crippen molar-refractivity contribution < 1.29 is 9.53 Å². The zero-order chi connectivity index (χ0) is 18.8. The Bertz CT molecular complexity index is 429. The zero-order valence-electron chi connectivity index (χ0n) is 15.6. The molecule has 0 bridgehead atoms. The first-order valence-electron chi connectivity index (χ1n) is 8.00. The molecule has 23 heavy (non-hydrogen) atoms. The minimum Gasteiger partial charge on any atom is -0.466 e. The Balaban J connectivity index is -0.000000595. The van der Waals surface area contributed by atoms with Crippen molar-refractivity contribution in [3.05, 3.63) is 39.9 Å². The topological polar surface area (TPSA) is 78.3 Å². The van der Waals surface area contributed by atoms with Crippen LogP contribution < -0.4 is 11.5 Å². The second-order valence-corrected chi connectivity index (χ2v) is 4.56. The summed E-state index contributed by atoms with van der Waals surface area (Å²) in [4.78, 5) is 11.6. The number of carbonyl (C=O) groups excluding carboxylic acids is 1. The molecule has 0 aliphatic rings. The van der Waals surface area contributed by atoms with E-state index in [1.54, 1.807) is 0 Å². The first kappa shape index (κ1) is 26.6. The van der Waals surface area contributed by atoms with Gasteiger partial charge in [0, 0.05) is 10.2 Å². The average molecular weight is 389 g/mol. The number of ether oxygens (including phenoxy) is 1. The van der Waals surface area contributed by atoms with Crippen LogP contribution in [0.2, 0.25) is 0 Å². The van der Waals surface area contributed by atoms with Crippen molar-refractivity contribution in [3.63, 3.8) is 0 Å². The predicted octanol–water partition coefficient (Wildman–Crippen LogP) is 4.72. The van der Waals surface area contributed by atoms with Crippen molar-refractivity contribution in [1.82, 2.24) is 0 Å². The second kappa shape index (κ2) is 18.7. The van der Waals surface area contributed by atoms with Crippen LogP contribution in [0.4, 0.5) is 0 Å². The molecule has 0 aliphatic carbocycles. The van der Waals surface area contributed by atoms with Gasteiger partial charge in [0.05, 0.1) is 12.7 Å². The number of halogens is 1. The number of esters is 1. The lowest BCUT2D eigenvalue weighted by atomic mass is 10.0. The van der Waals surface area contributed by atoms with Gasteiger partial charge in [-0.1, -0.05) is 69.1 Å². The SMILES string of the molecule is CC.CC.CCC/C(C(=O)OC)=C(\N)c1ccc(Br)cc1.CN. The highest BCUT2D eigenvalue weighted by molar-refractivity contribution is 9.10. The highest BCUT2D eigenvalue weighted by Crippen LogP contribution is 2.20. The molecule has 0 spiro atoms. The summed E-state index contributed by atoms with van der Waals surface area (Å²) in [5.41, 5.74) is 12.4. The van der Waals surface area contributed by atoms with Crippen LogP contribution in [0.3, 0.4) is 0 Å². The van der Waals surface area contributed by atoms with E-state index in [2.05, 4.69) is 21.7 Å². The van der Waals surface area contributed by atoms with E-state index in [0.717, 1.165) is 16.5 Å². The molecular formula is C18H33BrN2O2. The Labute approximate surface area is 150 Å². The van der Waals surface area contributed by atoms with Crippen molar-refractivity contribution in [1.29, 1.82) is 0 Å². The van der Waals surface area contributed by atoms with Gasteiger partial charge >= 0.3 is 5.97 Å². The molecular weight excluding hydrogens is 356 g/mol. The van der Waals surface area contributed by atoms with Crippen LogP contribution in [-0.4, -0.2) is 20.1 Å². The third kappa shape index (κ3) is 10.9. The highest BCUT2D eigenvalue weighted by Gasteiger charge is 2.14. The van der Waals surface area contributed by atoms with Gasteiger partial charge in [0.1, 0.15) is 0 Å². The van der Waals surface area contributed by atoms with Gasteiger partial charge in [-0.05, 0) is 31.2 Å². The molecule has 4 N–H and O–H groups in total. The molecule has 0 amide bonds. The fourth-order valence-corrected chi connectivity index (χ4v) is 1.79. The molecule has 0 atom stereocenters. The quantitative estimate of drug-likeness (QED) is 0.577. The van der Waals surface area contributed by atoms with Gasteiger partial charge in [-0.15, -0.1) is 0 Å². The average Bonchev–Trinajstić information content (AvgIpc) is 2.64. The van der Waals surface area contributed by atoms with E-state index in [1.807, 2.05) is 58.9 Å². The molecule has 1 rings (SSSR count). The van der Waals surface area contributed by atoms with Gasteiger partial charge in [-0.25, -0.2) is 4.79 Å². The van der Waals surface area contributed by atoms with E-state index in [9.17, 15) is 4.79 Å². The number of benzene rings is 1. The Morgan fingerprint density at radius 1 is 1.09 bits per heavy atom. The van der Waals surface area contributed by atoms with Gasteiger partial charge in [0.25, 0.3) is 0 Å². The van der Waals surface area contributed by atoms with Crippen LogP contribution in [0.5, 0.6) is 0 Å². The number of methoxy groups -OCH3 is 1. The highest BCUT2D eigenvalue weighted by atomic mass is 79.9. The van der Waals surface area contributed by atoms with Gasteiger partial charge in [0.2, 0.25) is 0 Å². The first-order chi connectivity index (χ1) is 11.1. The van der Waals surface area contributed by atoms with E-state index in [0.29, 0.717) is 17.7 Å². The third-order valence-corrected chi connectivity index (χ3v) is 2.94. The van der Waals surface area contributed by atoms with E-state index in [4.69, 9.17) is 10.5 Å². The summed E-state index contributed by atoms with van der Waals surface area (Å²) in [6.07, 6.45) is 1.47. The fourth-order valence-electron chi connectivity index (χ4n) is 1.52. The zero-order valence-corrected chi connectivity index (χ0v) is 17.2. The molecule has 0 unspecified atom stereocenters. The van der Waals surface area contributed by atoms with Crippen molar-refractivity contribution in [2.75, 3.05) is 14.2 Å². The predicted molar refractivity (Wildman–Crippen MR) is 105 cm³/mol. The molecule has 0 aliphatic heterocycles. The van der Waals surface area contributed by atoms with Gasteiger partial charge in [0.15, 0.2) is 0 Å².